The minimum atomic E-state index is 1.12. The average molecular weight is 447 g/mol. The molecule has 0 saturated heterocycles. The maximum atomic E-state index is 5.39. The van der Waals surface area contributed by atoms with Gasteiger partial charge in [-0.05, 0) is 18.6 Å². The Morgan fingerprint density at radius 1 is 0.438 bits per heavy atom. The van der Waals surface area contributed by atoms with E-state index in [2.05, 4.69) is 13.0 Å². The Bertz CT molecular complexity index is 435. The normalized spacial score (nSPS) is 11.4. The second-order valence-corrected chi connectivity index (χ2v) is 10.3. The molecule has 188 valence electrons. The summed E-state index contributed by atoms with van der Waals surface area (Å²) in [6.07, 6.45) is 39.2. The van der Waals surface area contributed by atoms with E-state index in [1.807, 2.05) is 6.07 Å². The van der Waals surface area contributed by atoms with Crippen molar-refractivity contribution in [2.24, 2.45) is 0 Å². The lowest BCUT2D eigenvalue weighted by molar-refractivity contribution is 0.488. The van der Waals surface area contributed by atoms with Crippen LogP contribution in [-0.2, 0) is 6.42 Å². The highest BCUT2D eigenvalue weighted by atomic mass is 16.3. The van der Waals surface area contributed by atoms with E-state index in [9.17, 15) is 0 Å². The van der Waals surface area contributed by atoms with Crippen molar-refractivity contribution in [1.29, 1.82) is 0 Å². The summed E-state index contributed by atoms with van der Waals surface area (Å²) in [5.74, 6) is 1.15. The molecule has 0 aromatic carbocycles. The highest BCUT2D eigenvalue weighted by Gasteiger charge is 1.97. The molecule has 0 aliphatic carbocycles. The molecule has 0 aliphatic rings. The van der Waals surface area contributed by atoms with Crippen molar-refractivity contribution in [3.63, 3.8) is 0 Å². The van der Waals surface area contributed by atoms with Crippen molar-refractivity contribution in [3.8, 4) is 0 Å². The van der Waals surface area contributed by atoms with E-state index >= 15 is 0 Å². The molecular weight excluding hydrogens is 388 g/mol. The van der Waals surface area contributed by atoms with Crippen LogP contribution in [-0.4, -0.2) is 0 Å². The molecule has 0 spiro atoms. The molecule has 1 heterocycles. The molecule has 0 amide bonds. The van der Waals surface area contributed by atoms with Crippen LogP contribution in [0.2, 0.25) is 0 Å². The standard InChI is InChI=1S/C31H58O/c1-2-3-4-5-6-7-8-9-10-11-12-13-14-15-16-17-18-19-20-21-22-23-24-25-26-28-31-29-27-30-32-31/h27,29-30H,2-26,28H2,1H3. The van der Waals surface area contributed by atoms with E-state index < -0.39 is 0 Å². The van der Waals surface area contributed by atoms with Gasteiger partial charge in [0.1, 0.15) is 5.76 Å². The smallest absolute Gasteiger partial charge is 0.103 e. The summed E-state index contributed by atoms with van der Waals surface area (Å²) in [6, 6.07) is 4.09. The van der Waals surface area contributed by atoms with Crippen molar-refractivity contribution >= 4 is 0 Å². The van der Waals surface area contributed by atoms with Crippen LogP contribution < -0.4 is 0 Å². The zero-order chi connectivity index (χ0) is 22.8. The Balaban J connectivity index is 1.62. The van der Waals surface area contributed by atoms with E-state index in [-0.39, 0.29) is 0 Å². The summed E-state index contributed by atoms with van der Waals surface area (Å²) < 4.78 is 5.39. The summed E-state index contributed by atoms with van der Waals surface area (Å²) in [4.78, 5) is 0. The molecule has 1 heteroatoms. The van der Waals surface area contributed by atoms with Crippen LogP contribution in [0.5, 0.6) is 0 Å². The fourth-order valence-electron chi connectivity index (χ4n) is 4.89. The topological polar surface area (TPSA) is 13.1 Å². The number of aryl methyl sites for hydroxylation is 1. The van der Waals surface area contributed by atoms with Gasteiger partial charge in [0.05, 0.1) is 6.26 Å². The van der Waals surface area contributed by atoms with Crippen LogP contribution in [0, 0.1) is 0 Å². The highest BCUT2D eigenvalue weighted by molar-refractivity contribution is 4.97. The molecule has 1 nitrogen and oxygen atoms in total. The van der Waals surface area contributed by atoms with Gasteiger partial charge in [-0.2, -0.15) is 0 Å². The molecule has 1 rings (SSSR count). The molecule has 0 saturated carbocycles. The van der Waals surface area contributed by atoms with Crippen molar-refractivity contribution in [2.45, 2.75) is 174 Å². The van der Waals surface area contributed by atoms with Gasteiger partial charge in [0, 0.05) is 6.42 Å². The second kappa shape index (κ2) is 24.9. The number of furan rings is 1. The van der Waals surface area contributed by atoms with Gasteiger partial charge in [-0.3, -0.25) is 0 Å². The van der Waals surface area contributed by atoms with Crippen LogP contribution in [0.1, 0.15) is 173 Å². The van der Waals surface area contributed by atoms with Crippen molar-refractivity contribution in [3.05, 3.63) is 24.2 Å². The van der Waals surface area contributed by atoms with Gasteiger partial charge in [-0.15, -0.1) is 0 Å². The molecule has 32 heavy (non-hydrogen) atoms. The maximum absolute atomic E-state index is 5.39. The van der Waals surface area contributed by atoms with E-state index in [1.54, 1.807) is 6.26 Å². The summed E-state index contributed by atoms with van der Waals surface area (Å²) in [7, 11) is 0. The molecule has 0 aliphatic heterocycles. The van der Waals surface area contributed by atoms with Gasteiger partial charge in [0.25, 0.3) is 0 Å². The van der Waals surface area contributed by atoms with Crippen LogP contribution in [0.15, 0.2) is 22.8 Å². The van der Waals surface area contributed by atoms with Crippen LogP contribution in [0.25, 0.3) is 0 Å². The predicted molar refractivity (Wildman–Crippen MR) is 144 cm³/mol. The SMILES string of the molecule is CCCCCCCCCCCCCCCCCCCCCCCCCCCc1ccco1. The third-order valence-electron chi connectivity index (χ3n) is 7.11. The lowest BCUT2D eigenvalue weighted by Gasteiger charge is -2.04. The number of hydrogen-bond donors (Lipinski definition) is 0. The van der Waals surface area contributed by atoms with E-state index in [4.69, 9.17) is 4.42 Å². The maximum Gasteiger partial charge on any atom is 0.103 e. The molecule has 0 fully saturated rings. The van der Waals surface area contributed by atoms with Crippen LogP contribution >= 0.6 is 0 Å². The molecule has 0 N–H and O–H groups in total. The fraction of sp³-hybridized carbons (Fsp3) is 0.871. The quantitative estimate of drug-likeness (QED) is 0.129. The van der Waals surface area contributed by atoms with E-state index in [1.165, 1.54) is 161 Å². The molecule has 0 radical (unpaired) electrons. The number of unbranched alkanes of at least 4 members (excludes halogenated alkanes) is 24. The third-order valence-corrected chi connectivity index (χ3v) is 7.11. The third kappa shape index (κ3) is 21.1. The first-order valence-electron chi connectivity index (χ1n) is 15.0. The summed E-state index contributed by atoms with van der Waals surface area (Å²) >= 11 is 0. The minimum absolute atomic E-state index is 1.12. The van der Waals surface area contributed by atoms with Crippen molar-refractivity contribution in [2.75, 3.05) is 0 Å². The van der Waals surface area contributed by atoms with Gasteiger partial charge < -0.3 is 4.42 Å². The summed E-state index contributed by atoms with van der Waals surface area (Å²) in [6.45, 7) is 2.30. The van der Waals surface area contributed by atoms with E-state index in [0.717, 1.165) is 12.2 Å². The Morgan fingerprint density at radius 3 is 1.03 bits per heavy atom. The van der Waals surface area contributed by atoms with Crippen LogP contribution in [0.3, 0.4) is 0 Å². The molecule has 0 atom stereocenters. The zero-order valence-corrected chi connectivity index (χ0v) is 22.0. The minimum Gasteiger partial charge on any atom is -0.469 e. The molecule has 0 unspecified atom stereocenters. The highest BCUT2D eigenvalue weighted by Crippen LogP contribution is 2.16. The molecular formula is C31H58O. The fourth-order valence-corrected chi connectivity index (χ4v) is 4.89. The Kier molecular flexibility index (Phi) is 22.8. The first-order chi connectivity index (χ1) is 15.9. The predicted octanol–water partition coefficient (Wildman–Crippen LogP) is 11.6. The Morgan fingerprint density at radius 2 is 0.750 bits per heavy atom. The first kappa shape index (κ1) is 29.3. The summed E-state index contributed by atoms with van der Waals surface area (Å²) in [5, 5.41) is 0. The largest absolute Gasteiger partial charge is 0.469 e. The summed E-state index contributed by atoms with van der Waals surface area (Å²) in [5.41, 5.74) is 0. The van der Waals surface area contributed by atoms with Gasteiger partial charge in [-0.25, -0.2) is 0 Å². The van der Waals surface area contributed by atoms with Gasteiger partial charge >= 0.3 is 0 Å². The Hall–Kier alpha value is -0.720. The van der Waals surface area contributed by atoms with Crippen LogP contribution in [0.4, 0.5) is 0 Å². The average Bonchev–Trinajstić information content (AvgIpc) is 3.32. The first-order valence-corrected chi connectivity index (χ1v) is 15.0. The zero-order valence-electron chi connectivity index (χ0n) is 22.0. The van der Waals surface area contributed by atoms with Gasteiger partial charge in [-0.1, -0.05) is 161 Å². The van der Waals surface area contributed by atoms with Crippen molar-refractivity contribution in [1.82, 2.24) is 0 Å². The molecule has 1 aromatic rings. The second-order valence-electron chi connectivity index (χ2n) is 10.3. The molecule has 1 aromatic heterocycles. The Labute approximate surface area is 202 Å². The monoisotopic (exact) mass is 446 g/mol. The van der Waals surface area contributed by atoms with Gasteiger partial charge in [0.2, 0.25) is 0 Å². The lowest BCUT2D eigenvalue weighted by Crippen LogP contribution is -1.85. The van der Waals surface area contributed by atoms with E-state index in [0.29, 0.717) is 0 Å². The van der Waals surface area contributed by atoms with Gasteiger partial charge in [0.15, 0.2) is 0 Å². The van der Waals surface area contributed by atoms with Crippen molar-refractivity contribution < 1.29 is 4.42 Å². The molecule has 0 bridgehead atoms. The number of rotatable bonds is 26. The lowest BCUT2D eigenvalue weighted by atomic mass is 10.0. The number of hydrogen-bond acceptors (Lipinski definition) is 1.